The molecule has 3 heterocycles. The molecular formula is C24H26N6O5. The molecule has 0 atom stereocenters. The molecule has 0 aliphatic carbocycles. The molecule has 182 valence electrons. The molecule has 5 rings (SSSR count). The Labute approximate surface area is 201 Å². The molecule has 11 heteroatoms. The van der Waals surface area contributed by atoms with Gasteiger partial charge in [-0.25, -0.2) is 14.3 Å². The number of fused-ring (bicyclic) bond motifs is 1. The number of nitrogens with zero attached hydrogens (tertiary/aromatic N) is 6. The minimum absolute atomic E-state index is 0.155. The normalized spacial score (nSPS) is 15.4. The van der Waals surface area contributed by atoms with Crippen LogP contribution in [0.15, 0.2) is 53.3 Å². The summed E-state index contributed by atoms with van der Waals surface area (Å²) < 4.78 is 12.5. The summed E-state index contributed by atoms with van der Waals surface area (Å²) in [4.78, 5) is 44.0. The maximum atomic E-state index is 12.9. The molecule has 2 amide bonds. The van der Waals surface area contributed by atoms with Gasteiger partial charge in [0.25, 0.3) is 0 Å². The number of aromatic nitrogens is 3. The number of benzene rings is 2. The van der Waals surface area contributed by atoms with Crippen molar-refractivity contribution in [1.29, 1.82) is 0 Å². The molecule has 1 saturated heterocycles. The zero-order valence-electron chi connectivity index (χ0n) is 19.6. The van der Waals surface area contributed by atoms with Crippen molar-refractivity contribution < 1.29 is 19.1 Å². The lowest BCUT2D eigenvalue weighted by Gasteiger charge is -2.36. The number of methoxy groups -OCH3 is 2. The molecule has 0 spiro atoms. The highest BCUT2D eigenvalue weighted by Gasteiger charge is 2.34. The zero-order valence-corrected chi connectivity index (χ0v) is 19.6. The van der Waals surface area contributed by atoms with E-state index >= 15 is 0 Å². The van der Waals surface area contributed by atoms with Crippen LogP contribution >= 0.6 is 0 Å². The number of hydrogen-bond acceptors (Lipinski definition) is 7. The summed E-state index contributed by atoms with van der Waals surface area (Å²) in [5.74, 6) is 1.58. The number of rotatable bonds is 6. The van der Waals surface area contributed by atoms with Gasteiger partial charge in [0.15, 0.2) is 5.82 Å². The van der Waals surface area contributed by atoms with E-state index in [4.69, 9.17) is 9.47 Å². The molecule has 0 N–H and O–H groups in total. The van der Waals surface area contributed by atoms with Crippen LogP contribution in [-0.4, -0.2) is 71.6 Å². The van der Waals surface area contributed by atoms with E-state index in [1.807, 2.05) is 24.3 Å². The Morgan fingerprint density at radius 1 is 0.857 bits per heavy atom. The van der Waals surface area contributed by atoms with Crippen LogP contribution in [0.25, 0.3) is 0 Å². The van der Waals surface area contributed by atoms with Crippen molar-refractivity contribution in [2.75, 3.05) is 50.2 Å². The van der Waals surface area contributed by atoms with E-state index in [0.29, 0.717) is 43.4 Å². The molecule has 0 unspecified atom stereocenters. The van der Waals surface area contributed by atoms with Crippen molar-refractivity contribution in [3.63, 3.8) is 0 Å². The molecule has 0 radical (unpaired) electrons. The molecule has 0 saturated carbocycles. The summed E-state index contributed by atoms with van der Waals surface area (Å²) in [5, 5.41) is 4.27. The summed E-state index contributed by atoms with van der Waals surface area (Å²) in [5.41, 5.74) is 1.10. The van der Waals surface area contributed by atoms with Crippen molar-refractivity contribution in [2.45, 2.75) is 13.1 Å². The standard InChI is InChI=1S/C24H26N6O5/c1-34-19-7-3-17(4-8-19)26-11-13-27(14-12-26)22(31)16-29-24(33)30-21(25-29)15-28(23(30)32)18-5-9-20(35-2)10-6-18/h3-10H,11-16H2,1-2H3. The highest BCUT2D eigenvalue weighted by molar-refractivity contribution is 5.96. The van der Waals surface area contributed by atoms with Gasteiger partial charge in [-0.15, -0.1) is 0 Å². The fraction of sp³-hybridized carbons (Fsp3) is 0.333. The number of carbonyl (C=O) groups excluding carboxylic acids is 2. The SMILES string of the molecule is COc1ccc(N2CCN(C(=O)Cn3nc4n(c3=O)C(=O)N(c3ccc(OC)cc3)C4)CC2)cc1. The fourth-order valence-corrected chi connectivity index (χ4v) is 4.38. The predicted molar refractivity (Wildman–Crippen MR) is 128 cm³/mol. The van der Waals surface area contributed by atoms with Gasteiger partial charge in [0.05, 0.1) is 20.8 Å². The molecule has 2 aromatic carbocycles. The van der Waals surface area contributed by atoms with E-state index in [1.54, 1.807) is 43.4 Å². The van der Waals surface area contributed by atoms with E-state index in [2.05, 4.69) is 10.00 Å². The van der Waals surface area contributed by atoms with Gasteiger partial charge in [0.2, 0.25) is 5.91 Å². The quantitative estimate of drug-likeness (QED) is 0.528. The first-order valence-corrected chi connectivity index (χ1v) is 11.3. The average Bonchev–Trinajstić information content (AvgIpc) is 3.39. The van der Waals surface area contributed by atoms with Crippen LogP contribution in [0.5, 0.6) is 11.5 Å². The highest BCUT2D eigenvalue weighted by Crippen LogP contribution is 2.25. The second kappa shape index (κ2) is 9.16. The second-order valence-electron chi connectivity index (χ2n) is 8.32. The Kier molecular flexibility index (Phi) is 5.89. The van der Waals surface area contributed by atoms with Crippen molar-refractivity contribution in [2.24, 2.45) is 0 Å². The van der Waals surface area contributed by atoms with Gasteiger partial charge in [-0.05, 0) is 48.5 Å². The lowest BCUT2D eigenvalue weighted by atomic mass is 10.2. The number of carbonyl (C=O) groups is 2. The Balaban J connectivity index is 1.21. The Morgan fingerprint density at radius 2 is 1.43 bits per heavy atom. The first-order valence-electron chi connectivity index (χ1n) is 11.3. The van der Waals surface area contributed by atoms with Crippen LogP contribution in [0.2, 0.25) is 0 Å². The van der Waals surface area contributed by atoms with Crippen molar-refractivity contribution in [3.05, 3.63) is 64.8 Å². The molecule has 0 bridgehead atoms. The third kappa shape index (κ3) is 4.20. The molecule has 11 nitrogen and oxygen atoms in total. The summed E-state index contributed by atoms with van der Waals surface area (Å²) in [6.07, 6.45) is 0. The number of anilines is 2. The maximum Gasteiger partial charge on any atom is 0.354 e. The predicted octanol–water partition coefficient (Wildman–Crippen LogP) is 1.40. The summed E-state index contributed by atoms with van der Waals surface area (Å²) in [7, 11) is 3.20. The van der Waals surface area contributed by atoms with Gasteiger partial charge in [0.1, 0.15) is 18.0 Å². The largest absolute Gasteiger partial charge is 0.497 e. The highest BCUT2D eigenvalue weighted by atomic mass is 16.5. The minimum atomic E-state index is -0.605. The Hall–Kier alpha value is -4.28. The Morgan fingerprint density at radius 3 is 1.97 bits per heavy atom. The molecule has 2 aliphatic heterocycles. The van der Waals surface area contributed by atoms with Crippen LogP contribution in [0.4, 0.5) is 16.2 Å². The van der Waals surface area contributed by atoms with Crippen molar-refractivity contribution in [1.82, 2.24) is 19.2 Å². The lowest BCUT2D eigenvalue weighted by molar-refractivity contribution is -0.132. The zero-order chi connectivity index (χ0) is 24.5. The lowest BCUT2D eigenvalue weighted by Crippen LogP contribution is -2.50. The Bertz CT molecular complexity index is 1290. The topological polar surface area (TPSA) is 102 Å². The van der Waals surface area contributed by atoms with Crippen LogP contribution in [0.3, 0.4) is 0 Å². The van der Waals surface area contributed by atoms with Gasteiger partial charge in [-0.3, -0.25) is 9.69 Å². The van der Waals surface area contributed by atoms with Gasteiger partial charge < -0.3 is 19.3 Å². The first kappa shape index (κ1) is 22.5. The summed E-state index contributed by atoms with van der Waals surface area (Å²) in [6.45, 7) is 2.40. The molecule has 3 aromatic rings. The molecule has 1 aromatic heterocycles. The number of hydrogen-bond donors (Lipinski definition) is 0. The fourth-order valence-electron chi connectivity index (χ4n) is 4.38. The van der Waals surface area contributed by atoms with Gasteiger partial charge >= 0.3 is 11.7 Å². The van der Waals surface area contributed by atoms with Crippen LogP contribution in [0, 0.1) is 0 Å². The molecule has 35 heavy (non-hydrogen) atoms. The average molecular weight is 479 g/mol. The number of ether oxygens (including phenoxy) is 2. The monoisotopic (exact) mass is 478 g/mol. The maximum absolute atomic E-state index is 12.9. The second-order valence-corrected chi connectivity index (χ2v) is 8.32. The third-order valence-electron chi connectivity index (χ3n) is 6.37. The van der Waals surface area contributed by atoms with E-state index in [0.717, 1.165) is 20.7 Å². The van der Waals surface area contributed by atoms with Crippen LogP contribution in [0.1, 0.15) is 5.82 Å². The number of piperazine rings is 1. The minimum Gasteiger partial charge on any atom is -0.497 e. The smallest absolute Gasteiger partial charge is 0.354 e. The van der Waals surface area contributed by atoms with E-state index in [-0.39, 0.29) is 19.0 Å². The number of amides is 2. The first-order chi connectivity index (χ1) is 17.0. The van der Waals surface area contributed by atoms with Crippen molar-refractivity contribution >= 4 is 23.3 Å². The van der Waals surface area contributed by atoms with Crippen LogP contribution < -0.4 is 25.0 Å². The molecular weight excluding hydrogens is 452 g/mol. The van der Waals surface area contributed by atoms with E-state index < -0.39 is 11.7 Å². The van der Waals surface area contributed by atoms with Gasteiger partial charge in [0, 0.05) is 37.6 Å². The van der Waals surface area contributed by atoms with Crippen LogP contribution in [-0.2, 0) is 17.9 Å². The van der Waals surface area contributed by atoms with E-state index in [9.17, 15) is 14.4 Å². The molecule has 2 aliphatic rings. The van der Waals surface area contributed by atoms with Crippen molar-refractivity contribution in [3.8, 4) is 11.5 Å². The van der Waals surface area contributed by atoms with E-state index in [1.165, 1.54) is 4.90 Å². The van der Waals surface area contributed by atoms with Gasteiger partial charge in [-0.2, -0.15) is 9.67 Å². The third-order valence-corrected chi connectivity index (χ3v) is 6.37. The molecule has 1 fully saturated rings. The van der Waals surface area contributed by atoms with Gasteiger partial charge in [-0.1, -0.05) is 0 Å². The summed E-state index contributed by atoms with van der Waals surface area (Å²) >= 11 is 0. The summed E-state index contributed by atoms with van der Waals surface area (Å²) in [6, 6.07) is 14.3.